The summed E-state index contributed by atoms with van der Waals surface area (Å²) < 4.78 is 77.7. The number of sulfonamides is 1. The molecule has 0 radical (unpaired) electrons. The van der Waals surface area contributed by atoms with Gasteiger partial charge in [-0.1, -0.05) is 11.6 Å². The van der Waals surface area contributed by atoms with E-state index in [4.69, 9.17) is 21.1 Å². The summed E-state index contributed by atoms with van der Waals surface area (Å²) in [6.07, 6.45) is -4.67. The van der Waals surface area contributed by atoms with Gasteiger partial charge in [0.1, 0.15) is 11.5 Å². The number of ether oxygens (including phenoxy) is 2. The van der Waals surface area contributed by atoms with Crippen molar-refractivity contribution >= 4 is 38.9 Å². The SMILES string of the molecule is CCOc1ccc(NS(=O)(=O)c2ccc(OCC(=O)Nc3ccc(Cl)c(C(F)(F)F)c3)c(C)c2)cc1. The number of nitrogens with one attached hydrogen (secondary N) is 2. The number of amides is 1. The van der Waals surface area contributed by atoms with Crippen molar-refractivity contribution in [3.63, 3.8) is 0 Å². The Morgan fingerprint density at radius 1 is 0.972 bits per heavy atom. The zero-order valence-corrected chi connectivity index (χ0v) is 20.7. The van der Waals surface area contributed by atoms with Crippen molar-refractivity contribution in [3.8, 4) is 11.5 Å². The van der Waals surface area contributed by atoms with Crippen LogP contribution in [0.25, 0.3) is 0 Å². The van der Waals surface area contributed by atoms with Crippen LogP contribution in [0.5, 0.6) is 11.5 Å². The first-order chi connectivity index (χ1) is 16.9. The number of carbonyl (C=O) groups is 1. The fraction of sp³-hybridized carbons (Fsp3) is 0.208. The minimum atomic E-state index is -4.67. The lowest BCUT2D eigenvalue weighted by molar-refractivity contribution is -0.137. The monoisotopic (exact) mass is 542 g/mol. The molecule has 0 bridgehead atoms. The zero-order chi connectivity index (χ0) is 26.5. The van der Waals surface area contributed by atoms with Crippen LogP contribution in [-0.4, -0.2) is 27.5 Å². The molecule has 0 saturated carbocycles. The van der Waals surface area contributed by atoms with Crippen molar-refractivity contribution in [2.75, 3.05) is 23.3 Å². The van der Waals surface area contributed by atoms with E-state index in [1.165, 1.54) is 24.3 Å². The Balaban J connectivity index is 1.63. The van der Waals surface area contributed by atoms with Gasteiger partial charge in [0.15, 0.2) is 6.61 Å². The predicted octanol–water partition coefficient (Wildman–Crippen LogP) is 5.88. The Labute approximate surface area is 211 Å². The highest BCUT2D eigenvalue weighted by Gasteiger charge is 2.33. The molecule has 12 heteroatoms. The summed E-state index contributed by atoms with van der Waals surface area (Å²) in [6.45, 7) is 3.41. The third-order valence-corrected chi connectivity index (χ3v) is 6.50. The maximum absolute atomic E-state index is 13.0. The molecule has 3 aromatic carbocycles. The van der Waals surface area contributed by atoms with Crippen molar-refractivity contribution < 1.29 is 35.9 Å². The molecule has 0 aliphatic heterocycles. The summed E-state index contributed by atoms with van der Waals surface area (Å²) >= 11 is 5.57. The van der Waals surface area contributed by atoms with Crippen LogP contribution < -0.4 is 19.5 Å². The van der Waals surface area contributed by atoms with Crippen LogP contribution in [0, 0.1) is 6.92 Å². The van der Waals surface area contributed by atoms with E-state index in [9.17, 15) is 26.4 Å². The Morgan fingerprint density at radius 3 is 2.25 bits per heavy atom. The number of carbonyl (C=O) groups excluding carboxylic acids is 1. The van der Waals surface area contributed by atoms with Gasteiger partial charge in [-0.15, -0.1) is 0 Å². The average Bonchev–Trinajstić information content (AvgIpc) is 2.80. The van der Waals surface area contributed by atoms with Crippen molar-refractivity contribution in [3.05, 3.63) is 76.8 Å². The van der Waals surface area contributed by atoms with Gasteiger partial charge in [-0.25, -0.2) is 8.42 Å². The molecule has 0 aromatic heterocycles. The van der Waals surface area contributed by atoms with Crippen molar-refractivity contribution in [2.45, 2.75) is 24.9 Å². The second-order valence-electron chi connectivity index (χ2n) is 7.52. The van der Waals surface area contributed by atoms with E-state index in [2.05, 4.69) is 10.0 Å². The van der Waals surface area contributed by atoms with Gasteiger partial charge in [0.05, 0.1) is 22.1 Å². The molecule has 192 valence electrons. The van der Waals surface area contributed by atoms with Gasteiger partial charge in [0.25, 0.3) is 15.9 Å². The van der Waals surface area contributed by atoms with E-state index in [-0.39, 0.29) is 16.3 Å². The van der Waals surface area contributed by atoms with E-state index in [1.807, 2.05) is 6.92 Å². The van der Waals surface area contributed by atoms with E-state index >= 15 is 0 Å². The molecule has 0 aliphatic rings. The molecular weight excluding hydrogens is 521 g/mol. The molecule has 0 heterocycles. The molecule has 1 amide bonds. The number of aryl methyl sites for hydroxylation is 1. The summed E-state index contributed by atoms with van der Waals surface area (Å²) in [7, 11) is -3.90. The average molecular weight is 543 g/mol. The van der Waals surface area contributed by atoms with Crippen LogP contribution in [0.3, 0.4) is 0 Å². The molecule has 3 rings (SSSR count). The molecule has 0 saturated heterocycles. The maximum atomic E-state index is 13.0. The van der Waals surface area contributed by atoms with E-state index in [0.717, 1.165) is 12.1 Å². The molecule has 2 N–H and O–H groups in total. The van der Waals surface area contributed by atoms with Gasteiger partial charge in [-0.05, 0) is 80.1 Å². The van der Waals surface area contributed by atoms with Crippen molar-refractivity contribution in [1.82, 2.24) is 0 Å². The quantitative estimate of drug-likeness (QED) is 0.352. The lowest BCUT2D eigenvalue weighted by Gasteiger charge is -2.14. The summed E-state index contributed by atoms with van der Waals surface area (Å²) in [4.78, 5) is 12.2. The fourth-order valence-electron chi connectivity index (χ4n) is 3.11. The molecule has 0 unspecified atom stereocenters. The smallest absolute Gasteiger partial charge is 0.417 e. The first-order valence-corrected chi connectivity index (χ1v) is 12.4. The highest BCUT2D eigenvalue weighted by atomic mass is 35.5. The largest absolute Gasteiger partial charge is 0.494 e. The van der Waals surface area contributed by atoms with Gasteiger partial charge in [-0.3, -0.25) is 9.52 Å². The molecule has 3 aromatic rings. The van der Waals surface area contributed by atoms with Crippen LogP contribution in [0.1, 0.15) is 18.1 Å². The maximum Gasteiger partial charge on any atom is 0.417 e. The van der Waals surface area contributed by atoms with Crippen LogP contribution in [0.2, 0.25) is 5.02 Å². The van der Waals surface area contributed by atoms with Crippen molar-refractivity contribution in [2.24, 2.45) is 0 Å². The third kappa shape index (κ3) is 7.05. The van der Waals surface area contributed by atoms with E-state index < -0.39 is 39.3 Å². The summed E-state index contributed by atoms with van der Waals surface area (Å²) in [5, 5.41) is 1.82. The van der Waals surface area contributed by atoms with Crippen LogP contribution in [-0.2, 0) is 21.0 Å². The van der Waals surface area contributed by atoms with Gasteiger partial charge < -0.3 is 14.8 Å². The number of rotatable bonds is 9. The Hall–Kier alpha value is -3.44. The lowest BCUT2D eigenvalue weighted by atomic mass is 10.2. The predicted molar refractivity (Wildman–Crippen MR) is 130 cm³/mol. The van der Waals surface area contributed by atoms with Gasteiger partial charge >= 0.3 is 6.18 Å². The molecule has 0 atom stereocenters. The van der Waals surface area contributed by atoms with Crippen molar-refractivity contribution in [1.29, 1.82) is 0 Å². The first-order valence-electron chi connectivity index (χ1n) is 10.5. The highest BCUT2D eigenvalue weighted by molar-refractivity contribution is 7.92. The zero-order valence-electron chi connectivity index (χ0n) is 19.1. The Bertz CT molecular complexity index is 1350. The number of anilines is 2. The molecule has 0 fully saturated rings. The first kappa shape index (κ1) is 27.2. The summed E-state index contributed by atoms with van der Waals surface area (Å²) in [5.41, 5.74) is -0.388. The van der Waals surface area contributed by atoms with Crippen LogP contribution >= 0.6 is 11.6 Å². The van der Waals surface area contributed by atoms with Crippen LogP contribution in [0.15, 0.2) is 65.6 Å². The topological polar surface area (TPSA) is 93.7 Å². The Morgan fingerprint density at radius 2 is 1.64 bits per heavy atom. The van der Waals surface area contributed by atoms with E-state index in [0.29, 0.717) is 23.6 Å². The molecule has 0 aliphatic carbocycles. The third-order valence-electron chi connectivity index (χ3n) is 4.79. The van der Waals surface area contributed by atoms with Crippen LogP contribution in [0.4, 0.5) is 24.5 Å². The Kier molecular flexibility index (Phi) is 8.36. The lowest BCUT2D eigenvalue weighted by Crippen LogP contribution is -2.21. The molecule has 0 spiro atoms. The number of hydrogen-bond donors (Lipinski definition) is 2. The molecule has 36 heavy (non-hydrogen) atoms. The standard InChI is InChI=1S/C24H22ClF3N2O5S/c1-3-34-18-7-4-16(5-8-18)30-36(32,33)19-9-11-22(15(2)12-19)35-14-23(31)29-17-6-10-21(25)20(13-17)24(26,27)28/h4-13,30H,3,14H2,1-2H3,(H,29,31). The van der Waals surface area contributed by atoms with Gasteiger partial charge in [0, 0.05) is 11.4 Å². The fourth-order valence-corrected chi connectivity index (χ4v) is 4.48. The highest BCUT2D eigenvalue weighted by Crippen LogP contribution is 2.36. The number of alkyl halides is 3. The summed E-state index contributed by atoms with van der Waals surface area (Å²) in [5.74, 6) is 0.134. The molecule has 7 nitrogen and oxygen atoms in total. The minimum Gasteiger partial charge on any atom is -0.494 e. The molecular formula is C24H22ClF3N2O5S. The minimum absolute atomic E-state index is 0.0217. The number of halogens is 4. The second-order valence-corrected chi connectivity index (χ2v) is 9.61. The van der Waals surface area contributed by atoms with Gasteiger partial charge in [0.2, 0.25) is 0 Å². The normalized spacial score (nSPS) is 11.6. The summed E-state index contributed by atoms with van der Waals surface area (Å²) in [6, 6.07) is 13.5. The number of benzene rings is 3. The number of hydrogen-bond acceptors (Lipinski definition) is 5. The van der Waals surface area contributed by atoms with Gasteiger partial charge in [-0.2, -0.15) is 13.2 Å². The van der Waals surface area contributed by atoms with E-state index in [1.54, 1.807) is 31.2 Å². The second kappa shape index (κ2) is 11.1.